The average molecular weight is 347 g/mol. The molecule has 0 radical (unpaired) electrons. The summed E-state index contributed by atoms with van der Waals surface area (Å²) in [7, 11) is 1.21. The molecular weight excluding hydrogens is 330 g/mol. The Morgan fingerprint density at radius 3 is 2.58 bits per heavy atom. The summed E-state index contributed by atoms with van der Waals surface area (Å²) in [4.78, 5) is 37.1. The van der Waals surface area contributed by atoms with Crippen LogP contribution < -0.4 is 4.74 Å². The number of hydrogen-bond acceptors (Lipinski definition) is 6. The molecular formula is C17H17NO5S. The Kier molecular flexibility index (Phi) is 5.81. The molecule has 0 N–H and O–H groups in total. The van der Waals surface area contributed by atoms with Crippen molar-refractivity contribution < 1.29 is 23.9 Å². The standard InChI is InChI=1S/C17H17NO5S/c1-4-9-23-13-7-5-12(6-8-13)10-14-15(19)18(17(21)24-14)11(2)16(20)22-3/h4-8,10-11H,1,9H2,2-3H3/b14-10+/t11-/m1/s1. The molecule has 1 fully saturated rings. The van der Waals surface area contributed by atoms with Crippen molar-refractivity contribution >= 4 is 35.0 Å². The number of imide groups is 1. The SMILES string of the molecule is C=CCOc1ccc(/C=C2/SC(=O)N([C@H](C)C(=O)OC)C2=O)cc1. The molecule has 1 aromatic carbocycles. The third kappa shape index (κ3) is 3.86. The molecule has 0 aromatic heterocycles. The van der Waals surface area contributed by atoms with Crippen molar-refractivity contribution in [1.29, 1.82) is 0 Å². The Labute approximate surface area is 144 Å². The number of ether oxygens (including phenoxy) is 2. The van der Waals surface area contributed by atoms with Gasteiger partial charge < -0.3 is 9.47 Å². The van der Waals surface area contributed by atoms with Crippen LogP contribution in [0.25, 0.3) is 6.08 Å². The van der Waals surface area contributed by atoms with Gasteiger partial charge in [-0.1, -0.05) is 24.8 Å². The zero-order valence-corrected chi connectivity index (χ0v) is 14.2. The number of amides is 2. The summed E-state index contributed by atoms with van der Waals surface area (Å²) in [6.45, 7) is 5.43. The number of nitrogens with zero attached hydrogens (tertiary/aromatic N) is 1. The van der Waals surface area contributed by atoms with Crippen molar-refractivity contribution in [1.82, 2.24) is 4.90 Å². The number of carbonyl (C=O) groups is 3. The minimum Gasteiger partial charge on any atom is -0.490 e. The van der Waals surface area contributed by atoms with Crippen LogP contribution in [-0.4, -0.2) is 41.8 Å². The van der Waals surface area contributed by atoms with Crippen LogP contribution in [0, 0.1) is 0 Å². The summed E-state index contributed by atoms with van der Waals surface area (Å²) in [6.07, 6.45) is 3.25. The molecule has 1 saturated heterocycles. The first kappa shape index (κ1) is 17.8. The molecule has 126 valence electrons. The monoisotopic (exact) mass is 347 g/mol. The second kappa shape index (κ2) is 7.83. The predicted octanol–water partition coefficient (Wildman–Crippen LogP) is 2.85. The molecule has 1 aliphatic rings. The minimum atomic E-state index is -0.955. The number of esters is 1. The minimum absolute atomic E-state index is 0.260. The van der Waals surface area contributed by atoms with Gasteiger partial charge in [0.2, 0.25) is 0 Å². The second-order valence-corrected chi connectivity index (χ2v) is 5.91. The van der Waals surface area contributed by atoms with E-state index >= 15 is 0 Å². The van der Waals surface area contributed by atoms with E-state index in [1.165, 1.54) is 14.0 Å². The van der Waals surface area contributed by atoms with Crippen LogP contribution in [0.2, 0.25) is 0 Å². The van der Waals surface area contributed by atoms with Gasteiger partial charge >= 0.3 is 5.97 Å². The van der Waals surface area contributed by atoms with Crippen LogP contribution in [0.15, 0.2) is 41.8 Å². The van der Waals surface area contributed by atoms with Gasteiger partial charge in [-0.3, -0.25) is 14.5 Å². The van der Waals surface area contributed by atoms with Gasteiger partial charge in [-0.05, 0) is 42.5 Å². The topological polar surface area (TPSA) is 72.9 Å². The lowest BCUT2D eigenvalue weighted by atomic mass is 10.2. The number of carbonyl (C=O) groups excluding carboxylic acids is 3. The Bertz CT molecular complexity index is 695. The molecule has 1 aliphatic heterocycles. The van der Waals surface area contributed by atoms with E-state index in [1.54, 1.807) is 36.4 Å². The van der Waals surface area contributed by atoms with E-state index in [1.807, 2.05) is 0 Å². The predicted molar refractivity (Wildman–Crippen MR) is 91.4 cm³/mol. The third-order valence-corrected chi connectivity index (χ3v) is 4.18. The number of benzene rings is 1. The fourth-order valence-corrected chi connectivity index (χ4v) is 2.96. The molecule has 6 nitrogen and oxygen atoms in total. The third-order valence-electron chi connectivity index (χ3n) is 3.30. The van der Waals surface area contributed by atoms with Crippen LogP contribution in [-0.2, 0) is 14.3 Å². The van der Waals surface area contributed by atoms with Gasteiger partial charge in [0, 0.05) is 0 Å². The summed E-state index contributed by atoms with van der Waals surface area (Å²) in [6, 6.07) is 6.11. The summed E-state index contributed by atoms with van der Waals surface area (Å²) in [5.41, 5.74) is 0.747. The highest BCUT2D eigenvalue weighted by Crippen LogP contribution is 2.34. The molecule has 1 heterocycles. The van der Waals surface area contributed by atoms with Crippen molar-refractivity contribution in [2.45, 2.75) is 13.0 Å². The largest absolute Gasteiger partial charge is 0.490 e. The quantitative estimate of drug-likeness (QED) is 0.448. The first-order valence-electron chi connectivity index (χ1n) is 7.16. The van der Waals surface area contributed by atoms with Gasteiger partial charge in [-0.2, -0.15) is 0 Å². The van der Waals surface area contributed by atoms with Gasteiger partial charge in [-0.15, -0.1) is 0 Å². The molecule has 1 atom stereocenters. The molecule has 0 bridgehead atoms. The highest BCUT2D eigenvalue weighted by Gasteiger charge is 2.41. The molecule has 2 rings (SSSR count). The van der Waals surface area contributed by atoms with Crippen LogP contribution >= 0.6 is 11.8 Å². The van der Waals surface area contributed by atoms with Crippen LogP contribution in [0.3, 0.4) is 0 Å². The van der Waals surface area contributed by atoms with Crippen LogP contribution in [0.1, 0.15) is 12.5 Å². The zero-order valence-electron chi connectivity index (χ0n) is 13.4. The van der Waals surface area contributed by atoms with Gasteiger partial charge in [0.1, 0.15) is 18.4 Å². The molecule has 0 saturated carbocycles. The molecule has 0 spiro atoms. The Morgan fingerprint density at radius 1 is 1.33 bits per heavy atom. The lowest BCUT2D eigenvalue weighted by Gasteiger charge is -2.18. The first-order chi connectivity index (χ1) is 11.5. The molecule has 0 unspecified atom stereocenters. The Morgan fingerprint density at radius 2 is 2.00 bits per heavy atom. The Balaban J connectivity index is 2.16. The summed E-state index contributed by atoms with van der Waals surface area (Å²) in [5, 5.41) is -0.491. The van der Waals surface area contributed by atoms with Gasteiger partial charge in [-0.25, -0.2) is 4.79 Å². The first-order valence-corrected chi connectivity index (χ1v) is 7.98. The molecule has 0 aliphatic carbocycles. The number of thioether (sulfide) groups is 1. The van der Waals surface area contributed by atoms with Crippen molar-refractivity contribution in [2.75, 3.05) is 13.7 Å². The van der Waals surface area contributed by atoms with Gasteiger partial charge in [0.15, 0.2) is 0 Å². The van der Waals surface area contributed by atoms with Crippen LogP contribution in [0.5, 0.6) is 5.75 Å². The highest BCUT2D eigenvalue weighted by atomic mass is 32.2. The Hall–Kier alpha value is -2.54. The van der Waals surface area contributed by atoms with Crippen LogP contribution in [0.4, 0.5) is 4.79 Å². The number of methoxy groups -OCH3 is 1. The number of rotatable bonds is 6. The van der Waals surface area contributed by atoms with Crippen molar-refractivity contribution in [2.24, 2.45) is 0 Å². The maximum Gasteiger partial charge on any atom is 0.328 e. The smallest absolute Gasteiger partial charge is 0.328 e. The molecule has 2 amide bonds. The maximum absolute atomic E-state index is 12.4. The molecule has 1 aromatic rings. The summed E-state index contributed by atoms with van der Waals surface area (Å²) >= 11 is 0.797. The van der Waals surface area contributed by atoms with Crippen molar-refractivity contribution in [3.05, 3.63) is 47.4 Å². The molecule has 24 heavy (non-hydrogen) atoms. The van der Waals surface area contributed by atoms with Crippen molar-refractivity contribution in [3.63, 3.8) is 0 Å². The second-order valence-electron chi connectivity index (χ2n) is 4.92. The van der Waals surface area contributed by atoms with E-state index < -0.39 is 23.2 Å². The lowest BCUT2D eigenvalue weighted by Crippen LogP contribution is -2.42. The van der Waals surface area contributed by atoms with Gasteiger partial charge in [0.25, 0.3) is 11.1 Å². The van der Waals surface area contributed by atoms with Gasteiger partial charge in [0.05, 0.1) is 12.0 Å². The fraction of sp³-hybridized carbons (Fsp3) is 0.235. The summed E-state index contributed by atoms with van der Waals surface area (Å²) in [5.74, 6) is -0.461. The van der Waals surface area contributed by atoms with E-state index in [-0.39, 0.29) is 4.91 Å². The highest BCUT2D eigenvalue weighted by molar-refractivity contribution is 8.18. The van der Waals surface area contributed by atoms with Crippen molar-refractivity contribution in [3.8, 4) is 5.75 Å². The van der Waals surface area contributed by atoms with E-state index in [0.717, 1.165) is 22.2 Å². The average Bonchev–Trinajstić information content (AvgIpc) is 2.86. The zero-order chi connectivity index (χ0) is 17.7. The summed E-state index contributed by atoms with van der Waals surface area (Å²) < 4.78 is 9.97. The van der Waals surface area contributed by atoms with E-state index in [0.29, 0.717) is 12.4 Å². The number of hydrogen-bond donors (Lipinski definition) is 0. The fourth-order valence-electron chi connectivity index (χ4n) is 2.06. The van der Waals surface area contributed by atoms with E-state index in [4.69, 9.17) is 4.74 Å². The maximum atomic E-state index is 12.4. The lowest BCUT2D eigenvalue weighted by molar-refractivity contribution is -0.148. The van der Waals surface area contributed by atoms with E-state index in [9.17, 15) is 14.4 Å². The normalized spacial score (nSPS) is 17.1. The molecule has 7 heteroatoms. The van der Waals surface area contributed by atoms with E-state index in [2.05, 4.69) is 11.3 Å².